The molecule has 0 unspecified atom stereocenters. The Morgan fingerprint density at radius 3 is 2.52 bits per heavy atom. The first-order valence-corrected chi connectivity index (χ1v) is 8.35. The lowest BCUT2D eigenvalue weighted by Gasteiger charge is -2.12. The standard InChI is InChI=1S/C22H13N3/c1-2-5-16-14(4-1)7-8-15-9-10-18-21(20(15)16)17-6-3-11-24-22(17)19-12-23-13-25(18)19/h1-13H. The van der Waals surface area contributed by atoms with Gasteiger partial charge in [0.15, 0.2) is 0 Å². The van der Waals surface area contributed by atoms with Crippen molar-refractivity contribution < 1.29 is 0 Å². The Kier molecular flexibility index (Phi) is 2.35. The predicted molar refractivity (Wildman–Crippen MR) is 103 cm³/mol. The summed E-state index contributed by atoms with van der Waals surface area (Å²) in [5, 5.41) is 7.47. The van der Waals surface area contributed by atoms with Crippen LogP contribution >= 0.6 is 0 Å². The second-order valence-electron chi connectivity index (χ2n) is 6.39. The molecule has 0 aliphatic rings. The van der Waals surface area contributed by atoms with E-state index in [0.717, 1.165) is 16.6 Å². The lowest BCUT2D eigenvalue weighted by Crippen LogP contribution is -1.92. The Bertz CT molecular complexity index is 1440. The minimum Gasteiger partial charge on any atom is -0.297 e. The van der Waals surface area contributed by atoms with E-state index in [0.29, 0.717) is 0 Å². The molecule has 0 atom stereocenters. The molecule has 0 bridgehead atoms. The summed E-state index contributed by atoms with van der Waals surface area (Å²) in [6.45, 7) is 0. The molecule has 116 valence electrons. The number of rotatable bonds is 0. The molecular weight excluding hydrogens is 306 g/mol. The zero-order chi connectivity index (χ0) is 16.4. The van der Waals surface area contributed by atoms with E-state index in [2.05, 4.69) is 69.0 Å². The average Bonchev–Trinajstić information content (AvgIpc) is 3.17. The van der Waals surface area contributed by atoms with Gasteiger partial charge in [-0.2, -0.15) is 0 Å². The highest BCUT2D eigenvalue weighted by Crippen LogP contribution is 2.37. The molecule has 0 spiro atoms. The summed E-state index contributed by atoms with van der Waals surface area (Å²) in [6.07, 6.45) is 5.62. The van der Waals surface area contributed by atoms with E-state index in [4.69, 9.17) is 0 Å². The summed E-state index contributed by atoms with van der Waals surface area (Å²) in [4.78, 5) is 9.02. The molecule has 3 heteroatoms. The maximum atomic E-state index is 4.66. The third-order valence-corrected chi connectivity index (χ3v) is 5.11. The van der Waals surface area contributed by atoms with Crippen LogP contribution in [0.4, 0.5) is 0 Å². The van der Waals surface area contributed by atoms with Crippen LogP contribution < -0.4 is 0 Å². The van der Waals surface area contributed by atoms with E-state index in [9.17, 15) is 0 Å². The first kappa shape index (κ1) is 12.9. The predicted octanol–water partition coefficient (Wildman–Crippen LogP) is 5.34. The molecule has 3 aromatic carbocycles. The molecule has 0 N–H and O–H groups in total. The Balaban J connectivity index is 2.07. The molecular formula is C22H13N3. The summed E-state index contributed by atoms with van der Waals surface area (Å²) < 4.78 is 2.14. The third-order valence-electron chi connectivity index (χ3n) is 5.11. The van der Waals surface area contributed by atoms with Gasteiger partial charge in [0.1, 0.15) is 0 Å². The van der Waals surface area contributed by atoms with Crippen molar-refractivity contribution in [3.8, 4) is 0 Å². The highest BCUT2D eigenvalue weighted by molar-refractivity contribution is 6.27. The van der Waals surface area contributed by atoms with Gasteiger partial charge in [-0.3, -0.25) is 9.38 Å². The Morgan fingerprint density at radius 1 is 0.680 bits per heavy atom. The van der Waals surface area contributed by atoms with Crippen LogP contribution in [0.15, 0.2) is 79.4 Å². The molecule has 0 saturated heterocycles. The quantitative estimate of drug-likeness (QED) is 0.354. The molecule has 0 fully saturated rings. The number of pyridine rings is 2. The molecule has 0 aliphatic carbocycles. The number of fused-ring (bicyclic) bond motifs is 10. The highest BCUT2D eigenvalue weighted by atomic mass is 15.0. The lowest BCUT2D eigenvalue weighted by molar-refractivity contribution is 1.21. The molecule has 3 heterocycles. The Morgan fingerprint density at radius 2 is 1.52 bits per heavy atom. The van der Waals surface area contributed by atoms with Crippen LogP contribution in [0.25, 0.3) is 48.9 Å². The third kappa shape index (κ3) is 1.59. The van der Waals surface area contributed by atoms with Crippen LogP contribution in [-0.4, -0.2) is 14.4 Å². The maximum Gasteiger partial charge on any atom is 0.0997 e. The summed E-state index contributed by atoms with van der Waals surface area (Å²) >= 11 is 0. The fourth-order valence-corrected chi connectivity index (χ4v) is 4.03. The summed E-state index contributed by atoms with van der Waals surface area (Å²) in [6, 6.07) is 21.5. The number of hydrogen-bond donors (Lipinski definition) is 0. The second kappa shape index (κ2) is 4.54. The summed E-state index contributed by atoms with van der Waals surface area (Å²) in [7, 11) is 0. The van der Waals surface area contributed by atoms with Gasteiger partial charge in [-0.15, -0.1) is 0 Å². The van der Waals surface area contributed by atoms with Crippen molar-refractivity contribution in [2.24, 2.45) is 0 Å². The maximum absolute atomic E-state index is 4.66. The molecule has 3 nitrogen and oxygen atoms in total. The lowest BCUT2D eigenvalue weighted by atomic mass is 9.96. The van der Waals surface area contributed by atoms with Crippen LogP contribution in [0.1, 0.15) is 0 Å². The summed E-state index contributed by atoms with van der Waals surface area (Å²) in [5.41, 5.74) is 3.20. The van der Waals surface area contributed by atoms with Gasteiger partial charge < -0.3 is 0 Å². The van der Waals surface area contributed by atoms with Gasteiger partial charge in [0.05, 0.1) is 29.1 Å². The number of aromatic nitrogens is 3. The fourth-order valence-electron chi connectivity index (χ4n) is 4.03. The minimum atomic E-state index is 0.993. The van der Waals surface area contributed by atoms with Crippen molar-refractivity contribution in [1.29, 1.82) is 0 Å². The average molecular weight is 319 g/mol. The van der Waals surface area contributed by atoms with Crippen molar-refractivity contribution >= 4 is 48.9 Å². The molecule has 0 aliphatic heterocycles. The second-order valence-corrected chi connectivity index (χ2v) is 6.39. The van der Waals surface area contributed by atoms with E-state index >= 15 is 0 Å². The van der Waals surface area contributed by atoms with Gasteiger partial charge in [-0.25, -0.2) is 4.98 Å². The molecule has 0 saturated carbocycles. The zero-order valence-electron chi connectivity index (χ0n) is 13.3. The smallest absolute Gasteiger partial charge is 0.0997 e. The van der Waals surface area contributed by atoms with Crippen molar-refractivity contribution in [2.75, 3.05) is 0 Å². The van der Waals surface area contributed by atoms with Crippen molar-refractivity contribution in [2.45, 2.75) is 0 Å². The molecule has 3 aromatic heterocycles. The van der Waals surface area contributed by atoms with Crippen molar-refractivity contribution in [1.82, 2.24) is 14.4 Å². The van der Waals surface area contributed by atoms with Crippen LogP contribution in [0.2, 0.25) is 0 Å². The van der Waals surface area contributed by atoms with Gasteiger partial charge in [-0.05, 0) is 33.7 Å². The van der Waals surface area contributed by atoms with Crippen molar-refractivity contribution in [3.05, 3.63) is 79.4 Å². The van der Waals surface area contributed by atoms with Gasteiger partial charge >= 0.3 is 0 Å². The molecule has 6 aromatic rings. The van der Waals surface area contributed by atoms with Crippen LogP contribution in [0.3, 0.4) is 0 Å². The van der Waals surface area contributed by atoms with Gasteiger partial charge in [0.2, 0.25) is 0 Å². The van der Waals surface area contributed by atoms with E-state index in [1.807, 2.05) is 24.8 Å². The molecule has 0 radical (unpaired) electrons. The van der Waals surface area contributed by atoms with Gasteiger partial charge in [0, 0.05) is 17.0 Å². The molecule has 0 amide bonds. The zero-order valence-corrected chi connectivity index (χ0v) is 13.3. The monoisotopic (exact) mass is 319 g/mol. The number of nitrogens with zero attached hydrogens (tertiary/aromatic N) is 3. The van der Waals surface area contributed by atoms with Crippen molar-refractivity contribution in [3.63, 3.8) is 0 Å². The van der Waals surface area contributed by atoms with E-state index in [-0.39, 0.29) is 0 Å². The van der Waals surface area contributed by atoms with Crippen LogP contribution in [-0.2, 0) is 0 Å². The van der Waals surface area contributed by atoms with Gasteiger partial charge in [0.25, 0.3) is 0 Å². The first-order valence-electron chi connectivity index (χ1n) is 8.35. The van der Waals surface area contributed by atoms with Gasteiger partial charge in [-0.1, -0.05) is 48.5 Å². The Hall–Kier alpha value is -3.46. The normalized spacial score (nSPS) is 12.0. The minimum absolute atomic E-state index is 0.993. The largest absolute Gasteiger partial charge is 0.297 e. The van der Waals surface area contributed by atoms with E-state index < -0.39 is 0 Å². The van der Waals surface area contributed by atoms with Crippen LogP contribution in [0, 0.1) is 0 Å². The van der Waals surface area contributed by atoms with E-state index in [1.54, 1.807) is 0 Å². The topological polar surface area (TPSA) is 30.2 Å². The first-order chi connectivity index (χ1) is 12.4. The fraction of sp³-hybridized carbons (Fsp3) is 0. The SMILES string of the molecule is c1ccc2c(c1)ccc1ccc3c(c4cccnc4c4cncn43)c12. The number of imidazole rings is 1. The highest BCUT2D eigenvalue weighted by Gasteiger charge is 2.13. The Labute approximate surface area is 143 Å². The summed E-state index contributed by atoms with van der Waals surface area (Å²) in [5.74, 6) is 0. The van der Waals surface area contributed by atoms with Crippen LogP contribution in [0.5, 0.6) is 0 Å². The molecule has 25 heavy (non-hydrogen) atoms. The molecule has 6 rings (SSSR count). The number of benzene rings is 3. The van der Waals surface area contributed by atoms with E-state index in [1.165, 1.54) is 32.3 Å². The number of hydrogen-bond acceptors (Lipinski definition) is 2.